The summed E-state index contributed by atoms with van der Waals surface area (Å²) >= 11 is 1.50. The lowest BCUT2D eigenvalue weighted by atomic mass is 10.1. The maximum absolute atomic E-state index is 12.6. The molecule has 0 saturated heterocycles. The molecule has 0 aliphatic carbocycles. The first kappa shape index (κ1) is 23.1. The first-order valence-corrected chi connectivity index (χ1v) is 10.4. The molecule has 1 atom stereocenters. The minimum atomic E-state index is -0.0583. The highest BCUT2D eigenvalue weighted by Crippen LogP contribution is 2.22. The minimum Gasteiger partial charge on any atom is -0.350 e. The van der Waals surface area contributed by atoms with Crippen molar-refractivity contribution < 1.29 is 4.79 Å². The number of nitrogens with one attached hydrogen (secondary N) is 2. The molecular weight excluding hydrogens is 408 g/mol. The summed E-state index contributed by atoms with van der Waals surface area (Å²) in [5, 5.41) is 11.5. The summed E-state index contributed by atoms with van der Waals surface area (Å²) in [4.78, 5) is 21.5. The lowest BCUT2D eigenvalue weighted by Gasteiger charge is -2.14. The molecular formula is C20H27ClN6OS. The van der Waals surface area contributed by atoms with Gasteiger partial charge < -0.3 is 10.6 Å². The quantitative estimate of drug-likeness (QED) is 0.530. The summed E-state index contributed by atoms with van der Waals surface area (Å²) < 4.78 is 1.75. The molecule has 1 aromatic carbocycles. The van der Waals surface area contributed by atoms with Crippen LogP contribution in [0.4, 0.5) is 0 Å². The molecule has 3 aromatic rings. The molecule has 0 bridgehead atoms. The Hall–Kier alpha value is -2.16. The molecule has 0 radical (unpaired) electrons. The number of aryl methyl sites for hydroxylation is 2. The number of likely N-dealkylation sites (N-methyl/N-ethyl adjacent to an activating group) is 1. The van der Waals surface area contributed by atoms with Gasteiger partial charge in [-0.25, -0.2) is 9.50 Å². The van der Waals surface area contributed by atoms with Crippen LogP contribution in [-0.2, 0) is 5.75 Å². The van der Waals surface area contributed by atoms with Gasteiger partial charge in [0.25, 0.3) is 11.7 Å². The van der Waals surface area contributed by atoms with Gasteiger partial charge >= 0.3 is 0 Å². The topological polar surface area (TPSA) is 84.2 Å². The van der Waals surface area contributed by atoms with E-state index in [9.17, 15) is 4.79 Å². The number of carbonyl (C=O) groups excluding carboxylic acids is 1. The summed E-state index contributed by atoms with van der Waals surface area (Å²) in [7, 11) is 0. The van der Waals surface area contributed by atoms with Gasteiger partial charge in [-0.2, -0.15) is 4.98 Å². The molecule has 3 rings (SSSR count). The maximum Gasteiger partial charge on any atom is 0.253 e. The van der Waals surface area contributed by atoms with Gasteiger partial charge in [-0.15, -0.1) is 17.5 Å². The number of halogens is 1. The highest BCUT2D eigenvalue weighted by molar-refractivity contribution is 7.98. The molecule has 1 amide bonds. The van der Waals surface area contributed by atoms with Crippen LogP contribution in [0, 0.1) is 13.8 Å². The largest absolute Gasteiger partial charge is 0.350 e. The highest BCUT2D eigenvalue weighted by atomic mass is 35.5. The number of thioether (sulfide) groups is 1. The second-order valence-electron chi connectivity index (χ2n) is 6.76. The number of amides is 1. The third-order valence-electron chi connectivity index (χ3n) is 4.34. The fourth-order valence-corrected chi connectivity index (χ4v) is 3.80. The van der Waals surface area contributed by atoms with E-state index in [2.05, 4.69) is 39.5 Å². The van der Waals surface area contributed by atoms with Crippen LogP contribution in [0.3, 0.4) is 0 Å². The van der Waals surface area contributed by atoms with Gasteiger partial charge in [-0.05, 0) is 45.0 Å². The van der Waals surface area contributed by atoms with Crippen molar-refractivity contribution in [3.63, 3.8) is 0 Å². The van der Waals surface area contributed by atoms with Crippen molar-refractivity contribution >= 4 is 35.9 Å². The summed E-state index contributed by atoms with van der Waals surface area (Å²) in [6.45, 7) is 9.50. The van der Waals surface area contributed by atoms with E-state index < -0.39 is 0 Å². The van der Waals surface area contributed by atoms with E-state index in [1.807, 2.05) is 44.2 Å². The molecule has 2 N–H and O–H groups in total. The second-order valence-corrected chi connectivity index (χ2v) is 7.70. The van der Waals surface area contributed by atoms with Crippen LogP contribution in [0.2, 0.25) is 0 Å². The van der Waals surface area contributed by atoms with Crippen LogP contribution >= 0.6 is 24.2 Å². The molecule has 0 saturated carbocycles. The Morgan fingerprint density at radius 3 is 2.76 bits per heavy atom. The van der Waals surface area contributed by atoms with E-state index in [1.165, 1.54) is 11.8 Å². The van der Waals surface area contributed by atoms with E-state index in [4.69, 9.17) is 0 Å². The Kier molecular flexibility index (Phi) is 8.43. The number of hydrogen-bond acceptors (Lipinski definition) is 6. The van der Waals surface area contributed by atoms with E-state index in [0.29, 0.717) is 28.8 Å². The molecule has 0 aliphatic rings. The number of nitrogens with zero attached hydrogens (tertiary/aromatic N) is 4. The van der Waals surface area contributed by atoms with Crippen molar-refractivity contribution in [2.75, 3.05) is 13.1 Å². The standard InChI is InChI=1S/C20H26N6OS.ClH/c1-5-21-14(3)11-22-18(27)17-9-7-6-8-16(17)12-28-20-24-19-23-13(2)10-15(4)26(19)25-20;/h6-10,14,21H,5,11-12H2,1-4H3,(H,22,27);1H/t14-;/m1./s1. The van der Waals surface area contributed by atoms with Gasteiger partial charge in [0.2, 0.25) is 5.16 Å². The van der Waals surface area contributed by atoms with Crippen LogP contribution in [0.1, 0.15) is 41.2 Å². The fraction of sp³-hybridized carbons (Fsp3) is 0.400. The van der Waals surface area contributed by atoms with Crippen LogP contribution in [0.25, 0.3) is 5.78 Å². The van der Waals surface area contributed by atoms with E-state index in [0.717, 1.165) is 23.5 Å². The average molecular weight is 435 g/mol. The summed E-state index contributed by atoms with van der Waals surface area (Å²) in [6, 6.07) is 9.87. The molecule has 9 heteroatoms. The zero-order valence-corrected chi connectivity index (χ0v) is 18.7. The van der Waals surface area contributed by atoms with E-state index in [1.54, 1.807) is 4.52 Å². The fourth-order valence-electron chi connectivity index (χ4n) is 2.98. The predicted octanol–water partition coefficient (Wildman–Crippen LogP) is 3.18. The van der Waals surface area contributed by atoms with Crippen LogP contribution in [-0.4, -0.2) is 44.6 Å². The average Bonchev–Trinajstić information content (AvgIpc) is 3.08. The van der Waals surface area contributed by atoms with Crippen LogP contribution < -0.4 is 10.6 Å². The Morgan fingerprint density at radius 1 is 1.24 bits per heavy atom. The van der Waals surface area contributed by atoms with Gasteiger partial charge in [-0.3, -0.25) is 4.79 Å². The third kappa shape index (κ3) is 5.91. The molecule has 156 valence electrons. The van der Waals surface area contributed by atoms with Crippen LogP contribution in [0.5, 0.6) is 0 Å². The van der Waals surface area contributed by atoms with Crippen LogP contribution in [0.15, 0.2) is 35.5 Å². The summed E-state index contributed by atoms with van der Waals surface area (Å²) in [5.41, 5.74) is 3.56. The van der Waals surface area contributed by atoms with E-state index >= 15 is 0 Å². The van der Waals surface area contributed by atoms with E-state index in [-0.39, 0.29) is 24.4 Å². The summed E-state index contributed by atoms with van der Waals surface area (Å²) in [6.07, 6.45) is 0. The molecule has 29 heavy (non-hydrogen) atoms. The first-order valence-electron chi connectivity index (χ1n) is 9.41. The van der Waals surface area contributed by atoms with Gasteiger partial charge in [0.05, 0.1) is 0 Å². The zero-order chi connectivity index (χ0) is 20.1. The lowest BCUT2D eigenvalue weighted by Crippen LogP contribution is -2.39. The second kappa shape index (κ2) is 10.6. The normalized spacial score (nSPS) is 11.9. The molecule has 0 spiro atoms. The highest BCUT2D eigenvalue weighted by Gasteiger charge is 2.14. The molecule has 0 aliphatic heterocycles. The molecule has 2 aromatic heterocycles. The SMILES string of the molecule is CCN[C@H](C)CNC(=O)c1ccccc1CSc1nc2nc(C)cc(C)n2n1.Cl. The van der Waals surface area contributed by atoms with Crippen molar-refractivity contribution in [2.24, 2.45) is 0 Å². The van der Waals surface area contributed by atoms with Gasteiger partial charge in [0.15, 0.2) is 0 Å². The number of rotatable bonds is 8. The predicted molar refractivity (Wildman–Crippen MR) is 119 cm³/mol. The summed E-state index contributed by atoms with van der Waals surface area (Å²) in [5.74, 6) is 1.15. The smallest absolute Gasteiger partial charge is 0.253 e. The Bertz CT molecular complexity index is 977. The van der Waals surface area contributed by atoms with Crippen molar-refractivity contribution in [1.82, 2.24) is 30.2 Å². The van der Waals surface area contributed by atoms with Gasteiger partial charge in [0, 0.05) is 35.3 Å². The lowest BCUT2D eigenvalue weighted by molar-refractivity contribution is 0.0949. The Morgan fingerprint density at radius 2 is 2.00 bits per heavy atom. The molecule has 0 unspecified atom stereocenters. The van der Waals surface area contributed by atoms with Crippen molar-refractivity contribution in [3.05, 3.63) is 52.8 Å². The Balaban J connectivity index is 0.00000300. The van der Waals surface area contributed by atoms with Crippen molar-refractivity contribution in [1.29, 1.82) is 0 Å². The minimum absolute atomic E-state index is 0. The van der Waals surface area contributed by atoms with Gasteiger partial charge in [-0.1, -0.05) is 36.9 Å². The third-order valence-corrected chi connectivity index (χ3v) is 5.23. The molecule has 7 nitrogen and oxygen atoms in total. The number of benzene rings is 1. The number of carbonyl (C=O) groups is 1. The molecule has 2 heterocycles. The monoisotopic (exact) mass is 434 g/mol. The maximum atomic E-state index is 12.6. The molecule has 0 fully saturated rings. The van der Waals surface area contributed by atoms with Crippen molar-refractivity contribution in [3.8, 4) is 0 Å². The van der Waals surface area contributed by atoms with Crippen molar-refractivity contribution in [2.45, 2.75) is 44.6 Å². The number of aromatic nitrogens is 4. The number of fused-ring (bicyclic) bond motifs is 1. The Labute approximate surface area is 181 Å². The number of hydrogen-bond donors (Lipinski definition) is 2. The zero-order valence-electron chi connectivity index (χ0n) is 17.1. The first-order chi connectivity index (χ1) is 13.5. The van der Waals surface area contributed by atoms with Gasteiger partial charge in [0.1, 0.15) is 0 Å².